The zero-order chi connectivity index (χ0) is 12.8. The summed E-state index contributed by atoms with van der Waals surface area (Å²) >= 11 is 5.74. The number of rotatable bonds is 5. The average molecular weight is 257 g/mol. The highest BCUT2D eigenvalue weighted by atomic mass is 35.5. The largest absolute Gasteiger partial charge is 0.387 e. The summed E-state index contributed by atoms with van der Waals surface area (Å²) in [7, 11) is 0. The van der Waals surface area contributed by atoms with Crippen LogP contribution in [-0.4, -0.2) is 23.6 Å². The fourth-order valence-corrected chi connectivity index (χ4v) is 1.50. The summed E-state index contributed by atoms with van der Waals surface area (Å²) in [5, 5.41) is 13.0. The second-order valence-electron chi connectivity index (χ2n) is 4.05. The van der Waals surface area contributed by atoms with Crippen LogP contribution in [-0.2, 0) is 4.79 Å². The molecule has 0 aromatic heterocycles. The lowest BCUT2D eigenvalue weighted by Crippen LogP contribution is -2.32. The number of hydrogen-bond acceptors (Lipinski definition) is 3. The van der Waals surface area contributed by atoms with Gasteiger partial charge in [-0.3, -0.25) is 4.79 Å². The molecule has 5 heteroatoms. The van der Waals surface area contributed by atoms with Gasteiger partial charge in [0.05, 0.1) is 6.10 Å². The van der Waals surface area contributed by atoms with E-state index >= 15 is 0 Å². The summed E-state index contributed by atoms with van der Waals surface area (Å²) < 4.78 is 0. The lowest BCUT2D eigenvalue weighted by molar-refractivity contribution is -0.121. The van der Waals surface area contributed by atoms with Gasteiger partial charge in [-0.1, -0.05) is 23.7 Å². The maximum Gasteiger partial charge on any atom is 0.221 e. The van der Waals surface area contributed by atoms with Crippen LogP contribution in [0.4, 0.5) is 0 Å². The third-order valence-corrected chi connectivity index (χ3v) is 2.51. The molecule has 0 bridgehead atoms. The van der Waals surface area contributed by atoms with Gasteiger partial charge in [0.25, 0.3) is 0 Å². The third kappa shape index (κ3) is 5.17. The molecule has 0 aliphatic carbocycles. The SMILES string of the molecule is CC(N)CC(=O)NCC(O)c1ccc(Cl)cc1. The van der Waals surface area contributed by atoms with Gasteiger partial charge in [-0.2, -0.15) is 0 Å². The highest BCUT2D eigenvalue weighted by molar-refractivity contribution is 6.30. The Kier molecular flexibility index (Phi) is 5.41. The minimum absolute atomic E-state index is 0.159. The Hall–Kier alpha value is -1.10. The molecule has 0 saturated carbocycles. The zero-order valence-corrected chi connectivity index (χ0v) is 10.4. The molecule has 0 aliphatic heterocycles. The van der Waals surface area contributed by atoms with Gasteiger partial charge in [-0.05, 0) is 24.6 Å². The van der Waals surface area contributed by atoms with E-state index in [0.29, 0.717) is 5.02 Å². The van der Waals surface area contributed by atoms with Gasteiger partial charge in [0.1, 0.15) is 0 Å². The molecule has 0 heterocycles. The quantitative estimate of drug-likeness (QED) is 0.742. The standard InChI is InChI=1S/C12H17ClN2O2/c1-8(14)6-12(17)15-7-11(16)9-2-4-10(13)5-3-9/h2-5,8,11,16H,6-7,14H2,1H3,(H,15,17). The summed E-state index contributed by atoms with van der Waals surface area (Å²) in [4.78, 5) is 11.3. The number of halogens is 1. The first-order valence-electron chi connectivity index (χ1n) is 5.45. The summed E-state index contributed by atoms with van der Waals surface area (Å²) in [6.07, 6.45) is -0.475. The number of amides is 1. The van der Waals surface area contributed by atoms with Crippen molar-refractivity contribution in [2.75, 3.05) is 6.54 Å². The molecule has 0 radical (unpaired) electrons. The lowest BCUT2D eigenvalue weighted by atomic mass is 10.1. The van der Waals surface area contributed by atoms with Crippen molar-refractivity contribution < 1.29 is 9.90 Å². The highest BCUT2D eigenvalue weighted by Crippen LogP contribution is 2.15. The Balaban J connectivity index is 2.42. The lowest BCUT2D eigenvalue weighted by Gasteiger charge is -2.13. The van der Waals surface area contributed by atoms with Crippen molar-refractivity contribution in [2.24, 2.45) is 5.73 Å². The Bertz CT molecular complexity index is 365. The maximum atomic E-state index is 11.3. The first kappa shape index (κ1) is 14.0. The molecule has 17 heavy (non-hydrogen) atoms. The van der Waals surface area contributed by atoms with Crippen LogP contribution in [0.15, 0.2) is 24.3 Å². The molecule has 0 aliphatic rings. The van der Waals surface area contributed by atoms with E-state index in [1.165, 1.54) is 0 Å². The number of aliphatic hydroxyl groups is 1. The monoisotopic (exact) mass is 256 g/mol. The highest BCUT2D eigenvalue weighted by Gasteiger charge is 2.10. The van der Waals surface area contributed by atoms with Crippen LogP contribution >= 0.6 is 11.6 Å². The number of hydrogen-bond donors (Lipinski definition) is 3. The van der Waals surface area contributed by atoms with Crippen molar-refractivity contribution in [1.29, 1.82) is 0 Å². The van der Waals surface area contributed by atoms with E-state index in [2.05, 4.69) is 5.32 Å². The molecule has 1 amide bonds. The molecular weight excluding hydrogens is 240 g/mol. The third-order valence-electron chi connectivity index (χ3n) is 2.25. The molecule has 4 N–H and O–H groups in total. The zero-order valence-electron chi connectivity index (χ0n) is 9.69. The topological polar surface area (TPSA) is 75.4 Å². The number of nitrogens with two attached hydrogens (primary N) is 1. The first-order valence-corrected chi connectivity index (χ1v) is 5.82. The van der Waals surface area contributed by atoms with E-state index in [1.54, 1.807) is 31.2 Å². The summed E-state index contributed by atoms with van der Waals surface area (Å²) in [5.41, 5.74) is 6.21. The molecule has 1 aromatic rings. The average Bonchev–Trinajstić information content (AvgIpc) is 2.26. The molecule has 0 saturated heterocycles. The number of carbonyl (C=O) groups excluding carboxylic acids is 1. The van der Waals surface area contributed by atoms with E-state index in [9.17, 15) is 9.90 Å². The number of aliphatic hydroxyl groups excluding tert-OH is 1. The van der Waals surface area contributed by atoms with Crippen LogP contribution in [0.3, 0.4) is 0 Å². The van der Waals surface area contributed by atoms with Gasteiger partial charge < -0.3 is 16.2 Å². The van der Waals surface area contributed by atoms with Crippen LogP contribution in [0.2, 0.25) is 5.02 Å². The summed E-state index contributed by atoms with van der Waals surface area (Å²) in [6, 6.07) is 6.67. The fraction of sp³-hybridized carbons (Fsp3) is 0.417. The number of carbonyl (C=O) groups is 1. The molecule has 94 valence electrons. The Labute approximate surface area is 106 Å². The van der Waals surface area contributed by atoms with Crippen molar-refractivity contribution in [3.63, 3.8) is 0 Å². The summed E-state index contributed by atoms with van der Waals surface area (Å²) in [6.45, 7) is 1.93. The number of nitrogens with one attached hydrogen (secondary N) is 1. The molecule has 2 unspecified atom stereocenters. The maximum absolute atomic E-state index is 11.3. The van der Waals surface area contributed by atoms with Crippen LogP contribution in [0.1, 0.15) is 25.0 Å². The van der Waals surface area contributed by atoms with Gasteiger partial charge in [0.2, 0.25) is 5.91 Å². The molecular formula is C12H17ClN2O2. The Morgan fingerprint density at radius 1 is 1.47 bits per heavy atom. The predicted molar refractivity (Wildman–Crippen MR) is 67.7 cm³/mol. The van der Waals surface area contributed by atoms with Crippen LogP contribution in [0, 0.1) is 0 Å². The van der Waals surface area contributed by atoms with E-state index in [0.717, 1.165) is 5.56 Å². The van der Waals surface area contributed by atoms with Crippen molar-refractivity contribution >= 4 is 17.5 Å². The van der Waals surface area contributed by atoms with Gasteiger partial charge in [0, 0.05) is 24.0 Å². The van der Waals surface area contributed by atoms with E-state index in [-0.39, 0.29) is 24.9 Å². The fourth-order valence-electron chi connectivity index (χ4n) is 1.38. The molecule has 0 fully saturated rings. The predicted octanol–water partition coefficient (Wildman–Crippen LogP) is 1.23. The van der Waals surface area contributed by atoms with Crippen molar-refractivity contribution in [1.82, 2.24) is 5.32 Å². The van der Waals surface area contributed by atoms with Crippen molar-refractivity contribution in [3.8, 4) is 0 Å². The molecule has 4 nitrogen and oxygen atoms in total. The van der Waals surface area contributed by atoms with E-state index in [4.69, 9.17) is 17.3 Å². The molecule has 0 spiro atoms. The van der Waals surface area contributed by atoms with Gasteiger partial charge in [0.15, 0.2) is 0 Å². The van der Waals surface area contributed by atoms with Crippen molar-refractivity contribution in [2.45, 2.75) is 25.5 Å². The summed E-state index contributed by atoms with van der Waals surface area (Å²) in [5.74, 6) is -0.159. The normalized spacial score (nSPS) is 14.1. The van der Waals surface area contributed by atoms with Crippen molar-refractivity contribution in [3.05, 3.63) is 34.9 Å². The van der Waals surface area contributed by atoms with Gasteiger partial charge in [-0.25, -0.2) is 0 Å². The second-order valence-corrected chi connectivity index (χ2v) is 4.49. The molecule has 1 aromatic carbocycles. The first-order chi connectivity index (χ1) is 7.99. The molecule has 1 rings (SSSR count). The number of benzene rings is 1. The van der Waals surface area contributed by atoms with Gasteiger partial charge >= 0.3 is 0 Å². The second kappa shape index (κ2) is 6.59. The van der Waals surface area contributed by atoms with Gasteiger partial charge in [-0.15, -0.1) is 0 Å². The van der Waals surface area contributed by atoms with Crippen LogP contribution in [0.25, 0.3) is 0 Å². The Morgan fingerprint density at radius 2 is 2.06 bits per heavy atom. The van der Waals surface area contributed by atoms with E-state index in [1.807, 2.05) is 0 Å². The minimum atomic E-state index is -0.732. The van der Waals surface area contributed by atoms with E-state index < -0.39 is 6.10 Å². The smallest absolute Gasteiger partial charge is 0.221 e. The van der Waals surface area contributed by atoms with Crippen LogP contribution in [0.5, 0.6) is 0 Å². The Morgan fingerprint density at radius 3 is 2.59 bits per heavy atom. The minimum Gasteiger partial charge on any atom is -0.387 e. The van der Waals surface area contributed by atoms with Crippen LogP contribution < -0.4 is 11.1 Å². The molecule has 2 atom stereocenters.